The first-order valence-electron chi connectivity index (χ1n) is 9.33. The van der Waals surface area contributed by atoms with Crippen molar-refractivity contribution in [1.82, 2.24) is 4.98 Å². The maximum absolute atomic E-state index is 13.0. The number of ketones is 1. The summed E-state index contributed by atoms with van der Waals surface area (Å²) in [5.74, 6) is 0.796. The van der Waals surface area contributed by atoms with Crippen LogP contribution in [0.1, 0.15) is 28.4 Å². The normalized spacial score (nSPS) is 11.6. The summed E-state index contributed by atoms with van der Waals surface area (Å²) >= 11 is 1.32. The van der Waals surface area contributed by atoms with Crippen molar-refractivity contribution in [2.45, 2.75) is 13.8 Å². The highest BCUT2D eigenvalue weighted by molar-refractivity contribution is 7.22. The summed E-state index contributed by atoms with van der Waals surface area (Å²) in [6.07, 6.45) is 1.63. The summed E-state index contributed by atoms with van der Waals surface area (Å²) in [4.78, 5) is 17.3. The van der Waals surface area contributed by atoms with E-state index in [0.717, 1.165) is 26.9 Å². The van der Waals surface area contributed by atoms with Crippen LogP contribution in [0.5, 0.6) is 11.5 Å². The van der Waals surface area contributed by atoms with E-state index in [4.69, 9.17) is 10.5 Å². The molecule has 0 unspecified atom stereocenters. The number of hydrogen-bond donors (Lipinski definition) is 1. The molecule has 150 valence electrons. The number of halogens is 1. The van der Waals surface area contributed by atoms with Crippen LogP contribution >= 0.6 is 11.3 Å². The standard InChI is InChI=1S/C24H19FN2O2S/c1-14-3-12-20-23(30-24(26)27-20)22(14)21(28)13-15(2)16-4-8-18(9-5-16)29-19-10-6-17(25)7-11-19/h3-13H,1-2H3,(H2,26,27)/b15-13+. The van der Waals surface area contributed by atoms with Crippen LogP contribution in [0.2, 0.25) is 0 Å². The molecule has 0 amide bonds. The molecular weight excluding hydrogens is 399 g/mol. The summed E-state index contributed by atoms with van der Waals surface area (Å²) in [5.41, 5.74) is 9.83. The van der Waals surface area contributed by atoms with Crippen molar-refractivity contribution in [3.05, 3.63) is 89.2 Å². The zero-order chi connectivity index (χ0) is 21.3. The van der Waals surface area contributed by atoms with E-state index >= 15 is 0 Å². The molecule has 1 heterocycles. The van der Waals surface area contributed by atoms with Gasteiger partial charge in [-0.05, 0) is 79.1 Å². The van der Waals surface area contributed by atoms with Crippen LogP contribution in [0.3, 0.4) is 0 Å². The molecule has 0 aliphatic heterocycles. The molecule has 4 aromatic rings. The van der Waals surface area contributed by atoms with Crippen molar-refractivity contribution in [3.63, 3.8) is 0 Å². The highest BCUT2D eigenvalue weighted by Gasteiger charge is 2.15. The van der Waals surface area contributed by atoms with E-state index in [1.54, 1.807) is 18.2 Å². The number of nitrogens with zero attached hydrogens (tertiary/aromatic N) is 1. The summed E-state index contributed by atoms with van der Waals surface area (Å²) < 4.78 is 19.5. The fourth-order valence-corrected chi connectivity index (χ4v) is 4.13. The van der Waals surface area contributed by atoms with E-state index < -0.39 is 0 Å². The molecule has 0 bridgehead atoms. The number of nitrogens with two attached hydrogens (primary N) is 1. The quantitative estimate of drug-likeness (QED) is 0.301. The number of carbonyl (C=O) groups is 1. The Morgan fingerprint density at radius 3 is 2.33 bits per heavy atom. The van der Waals surface area contributed by atoms with Gasteiger partial charge in [-0.2, -0.15) is 0 Å². The lowest BCUT2D eigenvalue weighted by Crippen LogP contribution is -1.99. The van der Waals surface area contributed by atoms with Crippen molar-refractivity contribution in [2.24, 2.45) is 0 Å². The minimum atomic E-state index is -0.310. The van der Waals surface area contributed by atoms with Gasteiger partial charge in [-0.15, -0.1) is 0 Å². The Balaban J connectivity index is 1.57. The van der Waals surface area contributed by atoms with Gasteiger partial charge in [0, 0.05) is 5.56 Å². The number of nitrogen functional groups attached to an aromatic ring is 1. The molecule has 0 saturated carbocycles. The highest BCUT2D eigenvalue weighted by Crippen LogP contribution is 2.31. The van der Waals surface area contributed by atoms with Crippen LogP contribution in [0.25, 0.3) is 15.8 Å². The fraction of sp³-hybridized carbons (Fsp3) is 0.0833. The SMILES string of the molecule is C/C(=C\C(=O)c1c(C)ccc2nc(N)sc12)c1ccc(Oc2ccc(F)cc2)cc1. The summed E-state index contributed by atoms with van der Waals surface area (Å²) in [5, 5.41) is 0.446. The Morgan fingerprint density at radius 2 is 1.67 bits per heavy atom. The van der Waals surface area contributed by atoms with Crippen molar-refractivity contribution in [1.29, 1.82) is 0 Å². The lowest BCUT2D eigenvalue weighted by Gasteiger charge is -2.08. The molecule has 0 fully saturated rings. The monoisotopic (exact) mass is 418 g/mol. The van der Waals surface area contributed by atoms with Crippen LogP contribution in [-0.4, -0.2) is 10.8 Å². The Morgan fingerprint density at radius 1 is 1.03 bits per heavy atom. The Bertz CT molecular complexity index is 1260. The fourth-order valence-electron chi connectivity index (χ4n) is 3.19. The van der Waals surface area contributed by atoms with Gasteiger partial charge in [0.2, 0.25) is 0 Å². The second-order valence-electron chi connectivity index (χ2n) is 6.93. The van der Waals surface area contributed by atoms with Crippen LogP contribution in [0, 0.1) is 12.7 Å². The van der Waals surface area contributed by atoms with E-state index in [2.05, 4.69) is 4.98 Å². The van der Waals surface area contributed by atoms with E-state index in [9.17, 15) is 9.18 Å². The Labute approximate surface area is 177 Å². The van der Waals surface area contributed by atoms with Gasteiger partial charge < -0.3 is 10.5 Å². The smallest absolute Gasteiger partial charge is 0.187 e. The van der Waals surface area contributed by atoms with Gasteiger partial charge in [0.25, 0.3) is 0 Å². The molecule has 4 rings (SSSR count). The molecule has 2 N–H and O–H groups in total. The Hall–Kier alpha value is -3.51. The minimum Gasteiger partial charge on any atom is -0.457 e. The zero-order valence-corrected chi connectivity index (χ0v) is 17.3. The first kappa shape index (κ1) is 19.8. The molecule has 6 heteroatoms. The van der Waals surface area contributed by atoms with Gasteiger partial charge in [0.05, 0.1) is 10.2 Å². The van der Waals surface area contributed by atoms with E-state index in [1.165, 1.54) is 23.5 Å². The molecule has 0 radical (unpaired) electrons. The number of hydrogen-bond acceptors (Lipinski definition) is 5. The molecule has 0 aliphatic rings. The van der Waals surface area contributed by atoms with Gasteiger partial charge in [0.1, 0.15) is 17.3 Å². The molecular formula is C24H19FN2O2S. The van der Waals surface area contributed by atoms with Crippen LogP contribution < -0.4 is 10.5 Å². The lowest BCUT2D eigenvalue weighted by atomic mass is 10.00. The molecule has 3 aromatic carbocycles. The summed E-state index contributed by atoms with van der Waals surface area (Å²) in [6.45, 7) is 3.80. The van der Waals surface area contributed by atoms with Gasteiger partial charge in [-0.3, -0.25) is 4.79 Å². The van der Waals surface area contributed by atoms with E-state index in [1.807, 2.05) is 50.2 Å². The number of aromatic nitrogens is 1. The molecule has 0 saturated heterocycles. The van der Waals surface area contributed by atoms with E-state index in [-0.39, 0.29) is 11.6 Å². The largest absolute Gasteiger partial charge is 0.457 e. The topological polar surface area (TPSA) is 65.2 Å². The van der Waals surface area contributed by atoms with Crippen molar-refractivity contribution in [3.8, 4) is 11.5 Å². The van der Waals surface area contributed by atoms with Crippen molar-refractivity contribution < 1.29 is 13.9 Å². The number of thiazole rings is 1. The second kappa shape index (κ2) is 8.08. The molecule has 30 heavy (non-hydrogen) atoms. The maximum Gasteiger partial charge on any atom is 0.187 e. The van der Waals surface area contributed by atoms with Crippen LogP contribution in [0.15, 0.2) is 66.7 Å². The number of allylic oxidation sites excluding steroid dienone is 2. The van der Waals surface area contributed by atoms with Gasteiger partial charge in [-0.25, -0.2) is 9.37 Å². The number of fused-ring (bicyclic) bond motifs is 1. The van der Waals surface area contributed by atoms with Gasteiger partial charge in [0.15, 0.2) is 10.9 Å². The number of ether oxygens (including phenoxy) is 1. The number of rotatable bonds is 5. The average molecular weight is 418 g/mol. The average Bonchev–Trinajstić information content (AvgIpc) is 3.10. The van der Waals surface area contributed by atoms with Crippen molar-refractivity contribution >= 4 is 38.0 Å². The van der Waals surface area contributed by atoms with Gasteiger partial charge >= 0.3 is 0 Å². The Kier molecular flexibility index (Phi) is 5.33. The summed E-state index contributed by atoms with van der Waals surface area (Å²) in [6, 6.07) is 17.0. The third-order valence-corrected chi connectivity index (χ3v) is 5.65. The third kappa shape index (κ3) is 4.09. The number of carbonyl (C=O) groups excluding carboxylic acids is 1. The van der Waals surface area contributed by atoms with E-state index in [0.29, 0.717) is 22.2 Å². The maximum atomic E-state index is 13.0. The lowest BCUT2D eigenvalue weighted by molar-refractivity contribution is 0.104. The first-order chi connectivity index (χ1) is 14.4. The van der Waals surface area contributed by atoms with Crippen LogP contribution in [0.4, 0.5) is 9.52 Å². The van der Waals surface area contributed by atoms with Gasteiger partial charge in [-0.1, -0.05) is 29.5 Å². The number of aryl methyl sites for hydroxylation is 1. The van der Waals surface area contributed by atoms with Crippen LogP contribution in [-0.2, 0) is 0 Å². The molecule has 4 nitrogen and oxygen atoms in total. The predicted molar refractivity (Wildman–Crippen MR) is 120 cm³/mol. The highest BCUT2D eigenvalue weighted by atomic mass is 32.1. The van der Waals surface area contributed by atoms with Crippen molar-refractivity contribution in [2.75, 3.05) is 5.73 Å². The zero-order valence-electron chi connectivity index (χ0n) is 16.5. The molecule has 0 spiro atoms. The molecule has 1 aromatic heterocycles. The number of anilines is 1. The first-order valence-corrected chi connectivity index (χ1v) is 10.1. The molecule has 0 atom stereocenters. The predicted octanol–water partition coefficient (Wildman–Crippen LogP) is 6.40. The summed E-state index contributed by atoms with van der Waals surface area (Å²) in [7, 11) is 0. The third-order valence-electron chi connectivity index (χ3n) is 4.74. The molecule has 0 aliphatic carbocycles. The minimum absolute atomic E-state index is 0.0779. The second-order valence-corrected chi connectivity index (χ2v) is 7.96. The number of benzene rings is 3.